The molecule has 2 aromatic carbocycles. The molecule has 1 aromatic heterocycles. The SMILES string of the molecule is CC(C#N)OC(=O)/C=C/c1cn(-c2ccccc2)nc1-c1ccc(Cl)cc1. The molecule has 134 valence electrons. The predicted octanol–water partition coefficient (Wildman–Crippen LogP) is 4.66. The van der Waals surface area contributed by atoms with Crippen LogP contribution in [-0.2, 0) is 9.53 Å². The number of hydrogen-bond acceptors (Lipinski definition) is 4. The Balaban J connectivity index is 1.98. The van der Waals surface area contributed by atoms with Crippen LogP contribution in [0.5, 0.6) is 0 Å². The molecular weight excluding hydrogens is 362 g/mol. The van der Waals surface area contributed by atoms with Crippen molar-refractivity contribution >= 4 is 23.6 Å². The van der Waals surface area contributed by atoms with Crippen LogP contribution in [0.15, 0.2) is 66.9 Å². The third-order valence-electron chi connectivity index (χ3n) is 3.75. The molecule has 0 radical (unpaired) electrons. The van der Waals surface area contributed by atoms with Gasteiger partial charge in [-0.3, -0.25) is 0 Å². The molecule has 3 rings (SSSR count). The standard InChI is InChI=1S/C21H16ClN3O2/c1-15(13-23)27-20(26)12-9-17-14-25(19-5-3-2-4-6-19)24-21(17)16-7-10-18(22)11-8-16/h2-12,14-15H,1H3/b12-9+. The van der Waals surface area contributed by atoms with Gasteiger partial charge in [0.15, 0.2) is 6.10 Å². The molecule has 0 aliphatic rings. The summed E-state index contributed by atoms with van der Waals surface area (Å²) in [6.07, 6.45) is 3.95. The van der Waals surface area contributed by atoms with Crippen molar-refractivity contribution in [3.8, 4) is 23.0 Å². The van der Waals surface area contributed by atoms with E-state index in [9.17, 15) is 4.79 Å². The second kappa shape index (κ2) is 8.35. The highest BCUT2D eigenvalue weighted by molar-refractivity contribution is 6.30. The summed E-state index contributed by atoms with van der Waals surface area (Å²) in [7, 11) is 0. The fourth-order valence-electron chi connectivity index (χ4n) is 2.45. The third kappa shape index (κ3) is 4.63. The smallest absolute Gasteiger partial charge is 0.332 e. The summed E-state index contributed by atoms with van der Waals surface area (Å²) in [5.41, 5.74) is 3.20. The number of benzene rings is 2. The van der Waals surface area contributed by atoms with Gasteiger partial charge in [0.05, 0.1) is 11.4 Å². The van der Waals surface area contributed by atoms with Crippen LogP contribution in [0, 0.1) is 11.3 Å². The molecule has 1 unspecified atom stereocenters. The molecule has 0 fully saturated rings. The fourth-order valence-corrected chi connectivity index (χ4v) is 2.58. The largest absolute Gasteiger partial charge is 0.444 e. The Labute approximate surface area is 162 Å². The van der Waals surface area contributed by atoms with E-state index in [0.29, 0.717) is 10.7 Å². The number of halogens is 1. The molecule has 6 heteroatoms. The second-order valence-corrected chi connectivity index (χ2v) is 6.20. The van der Waals surface area contributed by atoms with E-state index in [-0.39, 0.29) is 0 Å². The summed E-state index contributed by atoms with van der Waals surface area (Å²) < 4.78 is 6.69. The lowest BCUT2D eigenvalue weighted by Gasteiger charge is -2.02. The fraction of sp³-hybridized carbons (Fsp3) is 0.0952. The Hall–Kier alpha value is -3.36. The molecular formula is C21H16ClN3O2. The van der Waals surface area contributed by atoms with Gasteiger partial charge in [-0.15, -0.1) is 0 Å². The minimum Gasteiger partial charge on any atom is -0.444 e. The highest BCUT2D eigenvalue weighted by Gasteiger charge is 2.12. The number of ether oxygens (including phenoxy) is 1. The van der Waals surface area contributed by atoms with Gasteiger partial charge >= 0.3 is 5.97 Å². The zero-order valence-electron chi connectivity index (χ0n) is 14.5. The molecule has 1 atom stereocenters. The van der Waals surface area contributed by atoms with E-state index in [4.69, 9.17) is 21.6 Å². The Morgan fingerprint density at radius 3 is 2.59 bits per heavy atom. The first kappa shape index (κ1) is 18.4. The maximum Gasteiger partial charge on any atom is 0.332 e. The second-order valence-electron chi connectivity index (χ2n) is 5.76. The van der Waals surface area contributed by atoms with Gasteiger partial charge in [-0.05, 0) is 37.3 Å². The van der Waals surface area contributed by atoms with Gasteiger partial charge in [0.1, 0.15) is 6.07 Å². The summed E-state index contributed by atoms with van der Waals surface area (Å²) >= 11 is 5.98. The predicted molar refractivity (Wildman–Crippen MR) is 104 cm³/mol. The number of para-hydroxylation sites is 1. The van der Waals surface area contributed by atoms with Crippen molar-refractivity contribution in [3.05, 3.63) is 77.5 Å². The minimum absolute atomic E-state index is 0.585. The molecule has 0 N–H and O–H groups in total. The van der Waals surface area contributed by atoms with Crippen molar-refractivity contribution in [3.63, 3.8) is 0 Å². The number of nitrogens with zero attached hydrogens (tertiary/aromatic N) is 3. The molecule has 0 spiro atoms. The lowest BCUT2D eigenvalue weighted by atomic mass is 10.1. The molecule has 5 nitrogen and oxygen atoms in total. The molecule has 1 heterocycles. The maximum atomic E-state index is 11.9. The Morgan fingerprint density at radius 2 is 1.93 bits per heavy atom. The van der Waals surface area contributed by atoms with Crippen LogP contribution in [0.2, 0.25) is 5.02 Å². The average molecular weight is 378 g/mol. The first-order valence-corrected chi connectivity index (χ1v) is 8.64. The van der Waals surface area contributed by atoms with Gasteiger partial charge in [0.2, 0.25) is 0 Å². The lowest BCUT2D eigenvalue weighted by Crippen LogP contribution is -2.10. The molecule has 0 saturated carbocycles. The van der Waals surface area contributed by atoms with Gasteiger partial charge in [0.25, 0.3) is 0 Å². The summed E-state index contributed by atoms with van der Waals surface area (Å²) in [5, 5.41) is 14.0. The molecule has 0 aliphatic carbocycles. The quantitative estimate of drug-likeness (QED) is 0.479. The minimum atomic E-state index is -0.801. The number of esters is 1. The molecule has 27 heavy (non-hydrogen) atoms. The van der Waals surface area contributed by atoms with E-state index >= 15 is 0 Å². The van der Waals surface area contributed by atoms with Crippen LogP contribution in [0.4, 0.5) is 0 Å². The Morgan fingerprint density at radius 1 is 1.22 bits per heavy atom. The zero-order chi connectivity index (χ0) is 19.2. The van der Waals surface area contributed by atoms with Crippen LogP contribution in [0.3, 0.4) is 0 Å². The number of nitriles is 1. The summed E-state index contributed by atoms with van der Waals surface area (Å²) in [6.45, 7) is 1.51. The van der Waals surface area contributed by atoms with Crippen molar-refractivity contribution in [2.45, 2.75) is 13.0 Å². The first-order valence-electron chi connectivity index (χ1n) is 8.26. The zero-order valence-corrected chi connectivity index (χ0v) is 15.3. The van der Waals surface area contributed by atoms with Gasteiger partial charge in [-0.1, -0.05) is 41.9 Å². The number of carbonyl (C=O) groups excluding carboxylic acids is 1. The van der Waals surface area contributed by atoms with Crippen LogP contribution in [0.25, 0.3) is 23.0 Å². The van der Waals surface area contributed by atoms with Crippen LogP contribution < -0.4 is 0 Å². The molecule has 0 aliphatic heterocycles. The molecule has 0 amide bonds. The number of carbonyl (C=O) groups is 1. The van der Waals surface area contributed by atoms with Crippen LogP contribution in [-0.4, -0.2) is 21.9 Å². The molecule has 3 aromatic rings. The lowest BCUT2D eigenvalue weighted by molar-refractivity contribution is -0.139. The van der Waals surface area contributed by atoms with Gasteiger partial charge in [0, 0.05) is 28.4 Å². The topological polar surface area (TPSA) is 67.9 Å². The maximum absolute atomic E-state index is 11.9. The summed E-state index contributed by atoms with van der Waals surface area (Å²) in [4.78, 5) is 11.9. The van der Waals surface area contributed by atoms with E-state index < -0.39 is 12.1 Å². The number of rotatable bonds is 5. The average Bonchev–Trinajstić information content (AvgIpc) is 3.12. The molecule has 0 bridgehead atoms. The summed E-state index contributed by atoms with van der Waals surface area (Å²) in [6, 6.07) is 18.8. The van der Waals surface area contributed by atoms with Crippen LogP contribution in [0.1, 0.15) is 12.5 Å². The highest BCUT2D eigenvalue weighted by atomic mass is 35.5. The summed E-state index contributed by atoms with van der Waals surface area (Å²) in [5.74, 6) is -0.585. The number of hydrogen-bond donors (Lipinski definition) is 0. The van der Waals surface area contributed by atoms with Gasteiger partial charge in [-0.2, -0.15) is 10.4 Å². The van der Waals surface area contributed by atoms with Crippen molar-refractivity contribution in [2.75, 3.05) is 0 Å². The Bertz CT molecular complexity index is 1000. The van der Waals surface area contributed by atoms with E-state index in [1.165, 1.54) is 13.0 Å². The number of aromatic nitrogens is 2. The monoisotopic (exact) mass is 377 g/mol. The van der Waals surface area contributed by atoms with Crippen molar-refractivity contribution < 1.29 is 9.53 Å². The first-order chi connectivity index (χ1) is 13.1. The van der Waals surface area contributed by atoms with Gasteiger partial charge < -0.3 is 4.74 Å². The van der Waals surface area contributed by atoms with Crippen LogP contribution >= 0.6 is 11.6 Å². The van der Waals surface area contributed by atoms with E-state index in [2.05, 4.69) is 5.10 Å². The Kier molecular flexibility index (Phi) is 5.70. The van der Waals surface area contributed by atoms with Crippen molar-refractivity contribution in [2.24, 2.45) is 0 Å². The normalized spacial score (nSPS) is 11.9. The molecule has 0 saturated heterocycles. The third-order valence-corrected chi connectivity index (χ3v) is 4.01. The van der Waals surface area contributed by atoms with E-state index in [1.807, 2.05) is 54.7 Å². The van der Waals surface area contributed by atoms with Crippen molar-refractivity contribution in [1.29, 1.82) is 5.26 Å². The van der Waals surface area contributed by atoms with Gasteiger partial charge in [-0.25, -0.2) is 9.48 Å². The highest BCUT2D eigenvalue weighted by Crippen LogP contribution is 2.26. The van der Waals surface area contributed by atoms with E-state index in [1.54, 1.807) is 22.9 Å². The van der Waals surface area contributed by atoms with Crippen molar-refractivity contribution in [1.82, 2.24) is 9.78 Å². The van der Waals surface area contributed by atoms with E-state index in [0.717, 1.165) is 16.8 Å².